The van der Waals surface area contributed by atoms with Crippen molar-refractivity contribution in [3.8, 4) is 17.2 Å². The molecule has 1 amide bonds. The Balaban J connectivity index is 1.77. The molecule has 8 heteroatoms. The van der Waals surface area contributed by atoms with Crippen LogP contribution in [-0.4, -0.2) is 43.1 Å². The third-order valence-corrected chi connectivity index (χ3v) is 5.32. The SMILES string of the molecule is CCc1c(C(=O)NC(C)c2ccc(OCCOC)c(OC)c2)cnn1-c1cccc(Cl)c1. The highest BCUT2D eigenvalue weighted by Gasteiger charge is 2.20. The molecule has 170 valence electrons. The highest BCUT2D eigenvalue weighted by Crippen LogP contribution is 2.30. The zero-order valence-corrected chi connectivity index (χ0v) is 19.5. The Morgan fingerprint density at radius 2 is 1.97 bits per heavy atom. The summed E-state index contributed by atoms with van der Waals surface area (Å²) < 4.78 is 17.9. The molecule has 1 atom stereocenters. The summed E-state index contributed by atoms with van der Waals surface area (Å²) in [6.07, 6.45) is 2.24. The summed E-state index contributed by atoms with van der Waals surface area (Å²) in [6.45, 7) is 4.82. The smallest absolute Gasteiger partial charge is 0.255 e. The van der Waals surface area contributed by atoms with Gasteiger partial charge in [0, 0.05) is 12.1 Å². The summed E-state index contributed by atoms with van der Waals surface area (Å²) in [5, 5.41) is 8.09. The number of nitrogens with one attached hydrogen (secondary N) is 1. The molecule has 0 radical (unpaired) electrons. The van der Waals surface area contributed by atoms with Crippen LogP contribution in [0.4, 0.5) is 0 Å². The van der Waals surface area contributed by atoms with Gasteiger partial charge >= 0.3 is 0 Å². The molecule has 0 aliphatic heterocycles. The number of hydrogen-bond donors (Lipinski definition) is 1. The molecule has 1 heterocycles. The second-order valence-electron chi connectivity index (χ2n) is 7.20. The van der Waals surface area contributed by atoms with Gasteiger partial charge in [-0.25, -0.2) is 4.68 Å². The lowest BCUT2D eigenvalue weighted by Crippen LogP contribution is -2.27. The van der Waals surface area contributed by atoms with Crippen LogP contribution in [0.15, 0.2) is 48.7 Å². The standard InChI is InChI=1S/C24H28ClN3O4/c1-5-21-20(15-26-28(21)19-8-6-7-18(25)14-19)24(29)27-16(2)17-9-10-22(23(13-17)31-4)32-12-11-30-3/h6-10,13-16H,5,11-12H2,1-4H3,(H,27,29). The number of rotatable bonds is 10. The molecule has 1 N–H and O–H groups in total. The summed E-state index contributed by atoms with van der Waals surface area (Å²) in [4.78, 5) is 13.1. The molecule has 3 rings (SSSR count). The van der Waals surface area contributed by atoms with Crippen molar-refractivity contribution in [1.82, 2.24) is 15.1 Å². The molecule has 2 aromatic carbocycles. The fourth-order valence-electron chi connectivity index (χ4n) is 3.40. The maximum Gasteiger partial charge on any atom is 0.255 e. The quantitative estimate of drug-likeness (QED) is 0.450. The van der Waals surface area contributed by atoms with Gasteiger partial charge in [-0.3, -0.25) is 4.79 Å². The van der Waals surface area contributed by atoms with Crippen LogP contribution < -0.4 is 14.8 Å². The van der Waals surface area contributed by atoms with Gasteiger partial charge in [-0.05, 0) is 49.2 Å². The highest BCUT2D eigenvalue weighted by molar-refractivity contribution is 6.30. The molecule has 0 fully saturated rings. The minimum atomic E-state index is -0.247. The Morgan fingerprint density at radius 3 is 2.66 bits per heavy atom. The van der Waals surface area contributed by atoms with E-state index in [2.05, 4.69) is 10.4 Å². The molecule has 1 aromatic heterocycles. The molecular formula is C24H28ClN3O4. The van der Waals surface area contributed by atoms with Crippen molar-refractivity contribution >= 4 is 17.5 Å². The Morgan fingerprint density at radius 1 is 1.16 bits per heavy atom. The molecule has 0 saturated carbocycles. The lowest BCUT2D eigenvalue weighted by Gasteiger charge is -2.17. The van der Waals surface area contributed by atoms with E-state index in [0.29, 0.717) is 41.7 Å². The van der Waals surface area contributed by atoms with E-state index >= 15 is 0 Å². The van der Waals surface area contributed by atoms with E-state index in [9.17, 15) is 4.79 Å². The number of hydrogen-bond acceptors (Lipinski definition) is 5. The molecule has 1 unspecified atom stereocenters. The topological polar surface area (TPSA) is 74.6 Å². The van der Waals surface area contributed by atoms with Crippen molar-refractivity contribution in [3.63, 3.8) is 0 Å². The Kier molecular flexibility index (Phi) is 8.14. The van der Waals surface area contributed by atoms with Gasteiger partial charge in [0.15, 0.2) is 11.5 Å². The van der Waals surface area contributed by atoms with Crippen LogP contribution in [0.5, 0.6) is 11.5 Å². The summed E-state index contributed by atoms with van der Waals surface area (Å²) in [7, 11) is 3.21. The minimum absolute atomic E-state index is 0.193. The van der Waals surface area contributed by atoms with E-state index in [1.165, 1.54) is 0 Å². The Labute approximate surface area is 193 Å². The van der Waals surface area contributed by atoms with E-state index in [1.54, 1.807) is 31.2 Å². The number of benzene rings is 2. The molecule has 32 heavy (non-hydrogen) atoms. The molecular weight excluding hydrogens is 430 g/mol. The van der Waals surface area contributed by atoms with Gasteiger partial charge in [0.1, 0.15) is 6.61 Å². The minimum Gasteiger partial charge on any atom is -0.493 e. The lowest BCUT2D eigenvalue weighted by molar-refractivity contribution is 0.0939. The summed E-state index contributed by atoms with van der Waals surface area (Å²) in [5.74, 6) is 1.03. The van der Waals surface area contributed by atoms with Crippen LogP contribution >= 0.6 is 11.6 Å². The van der Waals surface area contributed by atoms with Gasteiger partial charge in [0.05, 0.1) is 42.9 Å². The van der Waals surface area contributed by atoms with Crippen molar-refractivity contribution in [2.24, 2.45) is 0 Å². The van der Waals surface area contributed by atoms with Gasteiger partial charge in [-0.15, -0.1) is 0 Å². The predicted molar refractivity (Wildman–Crippen MR) is 124 cm³/mol. The summed E-state index contributed by atoms with van der Waals surface area (Å²) in [5.41, 5.74) is 3.06. The maximum absolute atomic E-state index is 13.1. The van der Waals surface area contributed by atoms with Gasteiger partial charge in [0.25, 0.3) is 5.91 Å². The average Bonchev–Trinajstić information content (AvgIpc) is 3.23. The fraction of sp³-hybridized carbons (Fsp3) is 0.333. The first kappa shape index (κ1) is 23.6. The number of methoxy groups -OCH3 is 2. The molecule has 0 bridgehead atoms. The summed E-state index contributed by atoms with van der Waals surface area (Å²) >= 11 is 6.12. The van der Waals surface area contributed by atoms with Crippen LogP contribution in [0.25, 0.3) is 5.69 Å². The first-order valence-corrected chi connectivity index (χ1v) is 10.8. The number of ether oxygens (including phenoxy) is 3. The second kappa shape index (κ2) is 11.0. The highest BCUT2D eigenvalue weighted by atomic mass is 35.5. The average molecular weight is 458 g/mol. The van der Waals surface area contributed by atoms with Crippen molar-refractivity contribution in [2.45, 2.75) is 26.3 Å². The summed E-state index contributed by atoms with van der Waals surface area (Å²) in [6, 6.07) is 12.7. The molecule has 0 spiro atoms. The number of aromatic nitrogens is 2. The van der Waals surface area contributed by atoms with Crippen molar-refractivity contribution in [3.05, 3.63) is 70.5 Å². The number of halogens is 1. The largest absolute Gasteiger partial charge is 0.493 e. The normalized spacial score (nSPS) is 11.8. The van der Waals surface area contributed by atoms with Crippen LogP contribution in [-0.2, 0) is 11.2 Å². The maximum atomic E-state index is 13.1. The van der Waals surface area contributed by atoms with Gasteiger partial charge in [-0.2, -0.15) is 5.10 Å². The van der Waals surface area contributed by atoms with E-state index in [-0.39, 0.29) is 11.9 Å². The van der Waals surface area contributed by atoms with Gasteiger partial charge in [0.2, 0.25) is 0 Å². The number of amides is 1. The van der Waals surface area contributed by atoms with Gasteiger partial charge in [-0.1, -0.05) is 30.7 Å². The monoisotopic (exact) mass is 457 g/mol. The molecule has 0 aliphatic carbocycles. The van der Waals surface area contributed by atoms with Crippen molar-refractivity contribution in [2.75, 3.05) is 27.4 Å². The third-order valence-electron chi connectivity index (χ3n) is 5.08. The Bertz CT molecular complexity index is 1070. The van der Waals surface area contributed by atoms with Crippen LogP contribution in [0, 0.1) is 0 Å². The molecule has 0 aliphatic rings. The van der Waals surface area contributed by atoms with Crippen molar-refractivity contribution < 1.29 is 19.0 Å². The lowest BCUT2D eigenvalue weighted by atomic mass is 10.1. The molecule has 0 saturated heterocycles. The van der Waals surface area contributed by atoms with Crippen LogP contribution in [0.2, 0.25) is 5.02 Å². The number of carbonyl (C=O) groups excluding carboxylic acids is 1. The number of nitrogens with zero attached hydrogens (tertiary/aromatic N) is 2. The Hall–Kier alpha value is -3.03. The second-order valence-corrected chi connectivity index (χ2v) is 7.63. The van der Waals surface area contributed by atoms with Crippen molar-refractivity contribution in [1.29, 1.82) is 0 Å². The van der Waals surface area contributed by atoms with Crippen LogP contribution in [0.3, 0.4) is 0 Å². The zero-order valence-electron chi connectivity index (χ0n) is 18.7. The van der Waals surface area contributed by atoms with E-state index in [4.69, 9.17) is 25.8 Å². The van der Waals surface area contributed by atoms with E-state index < -0.39 is 0 Å². The molecule has 3 aromatic rings. The van der Waals surface area contributed by atoms with Gasteiger partial charge < -0.3 is 19.5 Å². The first-order chi connectivity index (χ1) is 15.5. The van der Waals surface area contributed by atoms with Crippen LogP contribution in [0.1, 0.15) is 41.5 Å². The van der Waals surface area contributed by atoms with E-state index in [0.717, 1.165) is 16.9 Å². The number of carbonyl (C=O) groups is 1. The fourth-order valence-corrected chi connectivity index (χ4v) is 3.58. The third kappa shape index (κ3) is 5.41. The zero-order chi connectivity index (χ0) is 23.1. The predicted octanol–water partition coefficient (Wildman–Crippen LogP) is 4.61. The first-order valence-electron chi connectivity index (χ1n) is 10.4. The molecule has 7 nitrogen and oxygen atoms in total. The van der Waals surface area contributed by atoms with E-state index in [1.807, 2.05) is 50.2 Å².